The van der Waals surface area contributed by atoms with Crippen LogP contribution < -0.4 is 4.90 Å². The van der Waals surface area contributed by atoms with Crippen LogP contribution in [0.2, 0.25) is 0 Å². The number of hydrogen-bond acceptors (Lipinski definition) is 5. The van der Waals surface area contributed by atoms with E-state index in [9.17, 15) is 28.7 Å². The number of benzene rings is 2. The molecule has 208 valence electrons. The smallest absolute Gasteiger partial charge is 0.258 e. The molecule has 0 spiro atoms. The summed E-state index contributed by atoms with van der Waals surface area (Å²) in [4.78, 5) is 53.8. The second-order valence-corrected chi connectivity index (χ2v) is 13.3. The summed E-state index contributed by atoms with van der Waals surface area (Å²) in [5, 5.41) is 9.97. The number of carbonyl (C=O) groups excluding carboxylic acids is 4. The maximum atomic E-state index is 14.2. The number of amides is 4. The first-order chi connectivity index (χ1) is 18.7. The monoisotopic (exact) mass is 584 g/mol. The van der Waals surface area contributed by atoms with E-state index in [0.29, 0.717) is 11.1 Å². The highest BCUT2D eigenvalue weighted by Crippen LogP contribution is 2.66. The Morgan fingerprint density at radius 1 is 0.900 bits per heavy atom. The van der Waals surface area contributed by atoms with Crippen molar-refractivity contribution in [1.29, 1.82) is 0 Å². The van der Waals surface area contributed by atoms with Gasteiger partial charge in [-0.25, -0.2) is 9.29 Å². The van der Waals surface area contributed by atoms with Gasteiger partial charge in [-0.05, 0) is 81.5 Å². The van der Waals surface area contributed by atoms with Crippen molar-refractivity contribution in [3.8, 4) is 5.75 Å². The second kappa shape index (κ2) is 8.63. The van der Waals surface area contributed by atoms with Crippen LogP contribution in [0.4, 0.5) is 10.1 Å². The summed E-state index contributed by atoms with van der Waals surface area (Å²) in [7, 11) is 0. The lowest BCUT2D eigenvalue weighted by atomic mass is 9.56. The normalized spacial score (nSPS) is 33.6. The molecular weight excluding hydrogens is 558 g/mol. The molecule has 6 rings (SSSR count). The van der Waals surface area contributed by atoms with Crippen LogP contribution in [-0.2, 0) is 19.2 Å². The van der Waals surface area contributed by atoms with Gasteiger partial charge in [0, 0.05) is 11.5 Å². The van der Waals surface area contributed by atoms with Crippen LogP contribution in [0.15, 0.2) is 60.2 Å². The third-order valence-corrected chi connectivity index (χ3v) is 10.2. The summed E-state index contributed by atoms with van der Waals surface area (Å²) < 4.78 is 13.7. The van der Waals surface area contributed by atoms with E-state index in [-0.39, 0.29) is 36.1 Å². The molecule has 2 aromatic carbocycles. The number of phenols is 1. The molecule has 2 aliphatic heterocycles. The van der Waals surface area contributed by atoms with Crippen LogP contribution in [0.25, 0.3) is 0 Å². The minimum atomic E-state index is -2.00. The van der Waals surface area contributed by atoms with E-state index < -0.39 is 56.6 Å². The van der Waals surface area contributed by atoms with E-state index in [1.807, 2.05) is 6.08 Å². The zero-order valence-corrected chi connectivity index (χ0v) is 23.5. The number of nitrogens with zero attached hydrogens (tertiary/aromatic N) is 2. The number of fused-ring (bicyclic) bond motifs is 4. The summed E-state index contributed by atoms with van der Waals surface area (Å²) in [5.74, 6) is -5.66. The predicted molar refractivity (Wildman–Crippen MR) is 146 cm³/mol. The molecule has 0 radical (unpaired) electrons. The van der Waals surface area contributed by atoms with Crippen molar-refractivity contribution in [3.05, 3.63) is 71.6 Å². The second-order valence-electron chi connectivity index (χ2n) is 12.0. The predicted octanol–water partition coefficient (Wildman–Crippen LogP) is 4.89. The van der Waals surface area contributed by atoms with Gasteiger partial charge >= 0.3 is 0 Å². The molecule has 40 heavy (non-hydrogen) atoms. The number of aromatic hydroxyl groups is 1. The number of phenolic OH excluding ortho intramolecular Hbond substituents is 1. The lowest BCUT2D eigenvalue weighted by Gasteiger charge is -2.50. The molecule has 6 atom stereocenters. The van der Waals surface area contributed by atoms with Gasteiger partial charge in [-0.3, -0.25) is 24.1 Å². The average Bonchev–Trinajstić information content (AvgIpc) is 3.24. The Morgan fingerprint density at radius 2 is 1.52 bits per heavy atom. The minimum Gasteiger partial charge on any atom is -0.508 e. The fourth-order valence-electron chi connectivity index (χ4n) is 7.10. The van der Waals surface area contributed by atoms with E-state index in [0.717, 1.165) is 17.0 Å². The molecule has 4 aliphatic rings. The highest BCUT2D eigenvalue weighted by molar-refractivity contribution is 6.58. The van der Waals surface area contributed by atoms with Crippen molar-refractivity contribution in [2.75, 3.05) is 4.90 Å². The molecule has 0 aromatic heterocycles. The number of anilines is 1. The third kappa shape index (κ3) is 3.41. The van der Waals surface area contributed by atoms with Gasteiger partial charge in [-0.15, -0.1) is 23.2 Å². The van der Waals surface area contributed by atoms with Gasteiger partial charge in [0.25, 0.3) is 11.8 Å². The van der Waals surface area contributed by atoms with E-state index >= 15 is 0 Å². The molecule has 0 bridgehead atoms. The third-order valence-electron chi connectivity index (χ3n) is 8.79. The molecule has 0 unspecified atom stereocenters. The quantitative estimate of drug-likeness (QED) is 0.308. The van der Waals surface area contributed by atoms with Gasteiger partial charge in [0.2, 0.25) is 11.8 Å². The van der Waals surface area contributed by atoms with Crippen molar-refractivity contribution in [2.45, 2.75) is 54.8 Å². The van der Waals surface area contributed by atoms with Crippen molar-refractivity contribution >= 4 is 52.5 Å². The molecular formula is C30H27Cl2FN2O5. The lowest BCUT2D eigenvalue weighted by Crippen LogP contribution is -2.60. The lowest BCUT2D eigenvalue weighted by molar-refractivity contribution is -0.145. The maximum absolute atomic E-state index is 14.2. The maximum Gasteiger partial charge on any atom is 0.258 e. The molecule has 2 saturated heterocycles. The van der Waals surface area contributed by atoms with E-state index in [1.165, 1.54) is 29.2 Å². The first-order valence-electron chi connectivity index (χ1n) is 13.1. The largest absolute Gasteiger partial charge is 0.508 e. The average molecular weight is 585 g/mol. The number of hydrogen-bond donors (Lipinski definition) is 1. The van der Waals surface area contributed by atoms with Gasteiger partial charge in [-0.2, -0.15) is 0 Å². The Hall–Kier alpha value is -3.23. The highest BCUT2D eigenvalue weighted by Gasteiger charge is 2.76. The Bertz CT molecular complexity index is 1500. The number of carbonyl (C=O) groups is 4. The number of alkyl halides is 2. The number of allylic oxidation sites excluding steroid dienone is 2. The van der Waals surface area contributed by atoms with Crippen molar-refractivity contribution in [3.63, 3.8) is 0 Å². The topological polar surface area (TPSA) is 95.0 Å². The van der Waals surface area contributed by atoms with Crippen LogP contribution in [0.1, 0.15) is 45.1 Å². The van der Waals surface area contributed by atoms with Crippen molar-refractivity contribution < 1.29 is 28.7 Å². The van der Waals surface area contributed by atoms with Crippen LogP contribution in [-0.4, -0.2) is 48.9 Å². The Morgan fingerprint density at radius 3 is 2.12 bits per heavy atom. The van der Waals surface area contributed by atoms with Gasteiger partial charge in [0.05, 0.1) is 17.5 Å². The summed E-state index contributed by atoms with van der Waals surface area (Å²) in [6.45, 7) is 5.38. The Labute approximate surface area is 240 Å². The zero-order valence-electron chi connectivity index (χ0n) is 22.0. The van der Waals surface area contributed by atoms with Crippen LogP contribution in [0, 0.1) is 23.6 Å². The molecule has 2 aromatic rings. The van der Waals surface area contributed by atoms with Gasteiger partial charge in [0.15, 0.2) is 9.75 Å². The molecule has 1 N–H and O–H groups in total. The molecule has 4 amide bonds. The highest BCUT2D eigenvalue weighted by atomic mass is 35.5. The summed E-state index contributed by atoms with van der Waals surface area (Å²) in [6, 6.07) is 11.0. The summed E-state index contributed by atoms with van der Waals surface area (Å²) in [6.07, 6.45) is 1.99. The van der Waals surface area contributed by atoms with Gasteiger partial charge in [-0.1, -0.05) is 23.8 Å². The molecule has 2 heterocycles. The number of halogens is 3. The van der Waals surface area contributed by atoms with Crippen molar-refractivity contribution in [1.82, 2.24) is 4.90 Å². The summed E-state index contributed by atoms with van der Waals surface area (Å²) >= 11 is 14.5. The number of likely N-dealkylation sites (tertiary alicyclic amines) is 1. The molecule has 10 heteroatoms. The Balaban J connectivity index is 1.55. The SMILES string of the molecule is CC(C)(C)N1C(=O)[C@H]2[C@H](CC=C3[C@H]2C[C@@]2(Cl)C(=O)N(c4ccc(F)cc4)C(=O)[C@@]2(Cl)[C@H]3c2ccc(O)cc2)C1=O. The van der Waals surface area contributed by atoms with E-state index in [2.05, 4.69) is 0 Å². The zero-order chi connectivity index (χ0) is 28.9. The molecule has 2 aliphatic carbocycles. The van der Waals surface area contributed by atoms with Crippen LogP contribution >= 0.6 is 23.2 Å². The standard InChI is InChI=1S/C30H27Cl2FN2O5/c1-28(2,3)35-24(37)20-13-12-19-21(22(20)25(35)38)14-29(31)26(39)34(17-8-6-16(33)7-9-17)27(40)30(29,32)23(19)15-4-10-18(36)11-5-15/h4-12,20-23,36H,13-14H2,1-3H3/t20-,21+,22-,23-,29+,30-/m0/s1. The Kier molecular flexibility index (Phi) is 5.82. The number of imide groups is 2. The fourth-order valence-corrected chi connectivity index (χ4v) is 8.04. The van der Waals surface area contributed by atoms with E-state index in [4.69, 9.17) is 23.2 Å². The minimum absolute atomic E-state index is 0.00583. The van der Waals surface area contributed by atoms with E-state index in [1.54, 1.807) is 32.9 Å². The van der Waals surface area contributed by atoms with Crippen LogP contribution in [0.5, 0.6) is 5.75 Å². The van der Waals surface area contributed by atoms with Crippen molar-refractivity contribution in [2.24, 2.45) is 17.8 Å². The first-order valence-corrected chi connectivity index (χ1v) is 13.9. The van der Waals surface area contributed by atoms with Crippen LogP contribution in [0.3, 0.4) is 0 Å². The molecule has 7 nitrogen and oxygen atoms in total. The summed E-state index contributed by atoms with van der Waals surface area (Å²) in [5.41, 5.74) is 0.566. The van der Waals surface area contributed by atoms with Gasteiger partial charge in [0.1, 0.15) is 11.6 Å². The number of rotatable bonds is 2. The van der Waals surface area contributed by atoms with Gasteiger partial charge < -0.3 is 5.11 Å². The first kappa shape index (κ1) is 27.0. The fraction of sp³-hybridized carbons (Fsp3) is 0.400. The molecule has 3 fully saturated rings. The molecule has 1 saturated carbocycles.